The summed E-state index contributed by atoms with van der Waals surface area (Å²) in [6, 6.07) is 0.183. The van der Waals surface area contributed by atoms with E-state index in [0.29, 0.717) is 5.95 Å². The molecule has 5 heteroatoms. The summed E-state index contributed by atoms with van der Waals surface area (Å²) in [6.45, 7) is 2.86. The largest absolute Gasteiger partial charge is 0.353 e. The highest BCUT2D eigenvalue weighted by Crippen LogP contribution is 2.03. The van der Waals surface area contributed by atoms with Gasteiger partial charge in [-0.25, -0.2) is 9.97 Å². The van der Waals surface area contributed by atoms with E-state index < -0.39 is 0 Å². The number of rotatable bonds is 5. The Morgan fingerprint density at radius 1 is 1.50 bits per heavy atom. The average molecular weight is 306 g/mol. The second-order valence-electron chi connectivity index (χ2n) is 3.15. The molecular formula is C9H15IN4. The van der Waals surface area contributed by atoms with E-state index in [1.165, 1.54) is 0 Å². The Bertz CT molecular complexity index is 262. The van der Waals surface area contributed by atoms with Crippen molar-refractivity contribution in [2.24, 2.45) is 5.73 Å². The third-order valence-electron chi connectivity index (χ3n) is 1.80. The van der Waals surface area contributed by atoms with E-state index in [4.69, 9.17) is 5.73 Å². The van der Waals surface area contributed by atoms with Crippen LogP contribution in [0.15, 0.2) is 12.4 Å². The first-order valence-corrected chi connectivity index (χ1v) is 5.77. The van der Waals surface area contributed by atoms with Gasteiger partial charge >= 0.3 is 0 Å². The molecule has 1 atom stereocenters. The van der Waals surface area contributed by atoms with Crippen LogP contribution < -0.4 is 11.1 Å². The predicted octanol–water partition coefficient (Wildman–Crippen LogP) is 1.62. The van der Waals surface area contributed by atoms with E-state index in [2.05, 4.69) is 44.8 Å². The summed E-state index contributed by atoms with van der Waals surface area (Å²) in [5.41, 5.74) is 5.84. The number of hydrogen-bond acceptors (Lipinski definition) is 4. The van der Waals surface area contributed by atoms with Gasteiger partial charge in [-0.05, 0) is 29.0 Å². The summed E-state index contributed by atoms with van der Waals surface area (Å²) < 4.78 is 1.03. The lowest BCUT2D eigenvalue weighted by molar-refractivity contribution is 0.625. The van der Waals surface area contributed by atoms with E-state index in [-0.39, 0.29) is 6.04 Å². The van der Waals surface area contributed by atoms with Crippen LogP contribution in [-0.2, 0) is 0 Å². The first kappa shape index (κ1) is 11.6. The smallest absolute Gasteiger partial charge is 0.222 e. The number of nitrogens with two attached hydrogens (primary N) is 1. The van der Waals surface area contributed by atoms with Crippen molar-refractivity contribution in [2.45, 2.75) is 25.8 Å². The maximum Gasteiger partial charge on any atom is 0.222 e. The van der Waals surface area contributed by atoms with Gasteiger partial charge in [-0.2, -0.15) is 0 Å². The summed E-state index contributed by atoms with van der Waals surface area (Å²) in [4.78, 5) is 8.25. The van der Waals surface area contributed by atoms with Gasteiger partial charge in [0, 0.05) is 28.6 Å². The Kier molecular flexibility index (Phi) is 5.10. The maximum atomic E-state index is 5.84. The standard InChI is InChI=1S/C9H15IN4/c1-2-3-8(11)6-14-9-12-4-7(10)5-13-9/h4-5,8H,2-3,6,11H2,1H3,(H,12,13,14). The van der Waals surface area contributed by atoms with E-state index >= 15 is 0 Å². The molecule has 0 aromatic carbocycles. The van der Waals surface area contributed by atoms with Gasteiger partial charge in [-0.3, -0.25) is 0 Å². The molecule has 1 aromatic heterocycles. The lowest BCUT2D eigenvalue weighted by Gasteiger charge is -2.10. The molecule has 78 valence electrons. The van der Waals surface area contributed by atoms with E-state index in [9.17, 15) is 0 Å². The Balaban J connectivity index is 2.34. The summed E-state index contributed by atoms with van der Waals surface area (Å²) in [5.74, 6) is 0.650. The molecule has 3 N–H and O–H groups in total. The molecule has 0 bridgehead atoms. The minimum Gasteiger partial charge on any atom is -0.353 e. The molecule has 4 nitrogen and oxygen atoms in total. The molecule has 0 radical (unpaired) electrons. The van der Waals surface area contributed by atoms with Gasteiger partial charge in [-0.15, -0.1) is 0 Å². The van der Waals surface area contributed by atoms with Crippen LogP contribution in [0.4, 0.5) is 5.95 Å². The summed E-state index contributed by atoms with van der Waals surface area (Å²) in [5, 5.41) is 3.11. The molecule has 1 heterocycles. The molecule has 1 aromatic rings. The SMILES string of the molecule is CCCC(N)CNc1ncc(I)cn1. The van der Waals surface area contributed by atoms with Gasteiger partial charge in [-0.1, -0.05) is 13.3 Å². The van der Waals surface area contributed by atoms with E-state index in [1.807, 2.05) is 0 Å². The van der Waals surface area contributed by atoms with Crippen LogP contribution >= 0.6 is 22.6 Å². The second-order valence-corrected chi connectivity index (χ2v) is 4.40. The van der Waals surface area contributed by atoms with Crippen LogP contribution in [0.1, 0.15) is 19.8 Å². The third-order valence-corrected chi connectivity index (χ3v) is 2.36. The molecular weight excluding hydrogens is 291 g/mol. The zero-order chi connectivity index (χ0) is 10.4. The van der Waals surface area contributed by atoms with Gasteiger partial charge in [0.15, 0.2) is 0 Å². The number of nitrogens with one attached hydrogen (secondary N) is 1. The van der Waals surface area contributed by atoms with Crippen molar-refractivity contribution in [3.63, 3.8) is 0 Å². The summed E-state index contributed by atoms with van der Waals surface area (Å²) in [7, 11) is 0. The number of aromatic nitrogens is 2. The van der Waals surface area contributed by atoms with Crippen molar-refractivity contribution < 1.29 is 0 Å². The quantitative estimate of drug-likeness (QED) is 0.812. The molecule has 0 spiro atoms. The summed E-state index contributed by atoms with van der Waals surface area (Å²) in [6.07, 6.45) is 5.69. The predicted molar refractivity (Wildman–Crippen MR) is 66.1 cm³/mol. The van der Waals surface area contributed by atoms with Crippen LogP contribution in [0, 0.1) is 3.57 Å². The van der Waals surface area contributed by atoms with Gasteiger partial charge in [0.1, 0.15) is 0 Å². The fourth-order valence-electron chi connectivity index (χ4n) is 1.10. The number of nitrogens with zero attached hydrogens (tertiary/aromatic N) is 2. The normalized spacial score (nSPS) is 12.5. The minimum absolute atomic E-state index is 0.183. The molecule has 0 fully saturated rings. The van der Waals surface area contributed by atoms with Crippen LogP contribution in [0.2, 0.25) is 0 Å². The van der Waals surface area contributed by atoms with Gasteiger partial charge < -0.3 is 11.1 Å². The van der Waals surface area contributed by atoms with E-state index in [0.717, 1.165) is 23.0 Å². The molecule has 0 saturated heterocycles. The monoisotopic (exact) mass is 306 g/mol. The highest BCUT2D eigenvalue weighted by molar-refractivity contribution is 14.1. The van der Waals surface area contributed by atoms with Crippen LogP contribution in [0.25, 0.3) is 0 Å². The second kappa shape index (κ2) is 6.13. The number of anilines is 1. The lowest BCUT2D eigenvalue weighted by Crippen LogP contribution is -2.29. The van der Waals surface area contributed by atoms with E-state index in [1.54, 1.807) is 12.4 Å². The number of hydrogen-bond donors (Lipinski definition) is 2. The van der Waals surface area contributed by atoms with Crippen LogP contribution in [-0.4, -0.2) is 22.6 Å². The molecule has 14 heavy (non-hydrogen) atoms. The first-order valence-electron chi connectivity index (χ1n) is 4.69. The fourth-order valence-corrected chi connectivity index (χ4v) is 1.38. The van der Waals surface area contributed by atoms with Gasteiger partial charge in [0.2, 0.25) is 5.95 Å². The van der Waals surface area contributed by atoms with Crippen LogP contribution in [0.3, 0.4) is 0 Å². The number of halogens is 1. The molecule has 0 saturated carbocycles. The molecule has 1 rings (SSSR count). The Morgan fingerprint density at radius 3 is 2.71 bits per heavy atom. The first-order chi connectivity index (χ1) is 6.72. The summed E-state index contributed by atoms with van der Waals surface area (Å²) >= 11 is 2.17. The maximum absolute atomic E-state index is 5.84. The molecule has 0 amide bonds. The zero-order valence-electron chi connectivity index (χ0n) is 8.20. The van der Waals surface area contributed by atoms with Crippen LogP contribution in [0.5, 0.6) is 0 Å². The Morgan fingerprint density at radius 2 is 2.14 bits per heavy atom. The average Bonchev–Trinajstić information content (AvgIpc) is 2.17. The highest BCUT2D eigenvalue weighted by atomic mass is 127. The van der Waals surface area contributed by atoms with Crippen molar-refractivity contribution in [2.75, 3.05) is 11.9 Å². The zero-order valence-corrected chi connectivity index (χ0v) is 10.4. The Hall–Kier alpha value is -0.430. The molecule has 0 aliphatic rings. The lowest BCUT2D eigenvalue weighted by atomic mass is 10.2. The van der Waals surface area contributed by atoms with Crippen molar-refractivity contribution in [3.05, 3.63) is 16.0 Å². The fraction of sp³-hybridized carbons (Fsp3) is 0.556. The van der Waals surface area contributed by atoms with Crippen molar-refractivity contribution in [3.8, 4) is 0 Å². The van der Waals surface area contributed by atoms with Crippen molar-refractivity contribution >= 4 is 28.5 Å². The molecule has 1 unspecified atom stereocenters. The highest BCUT2D eigenvalue weighted by Gasteiger charge is 2.01. The minimum atomic E-state index is 0.183. The van der Waals surface area contributed by atoms with Gasteiger partial charge in [0.05, 0.1) is 0 Å². The third kappa shape index (κ3) is 4.19. The Labute approximate surface area is 97.8 Å². The van der Waals surface area contributed by atoms with Gasteiger partial charge in [0.25, 0.3) is 0 Å². The van der Waals surface area contributed by atoms with Crippen molar-refractivity contribution in [1.29, 1.82) is 0 Å². The molecule has 0 aliphatic carbocycles. The molecule has 0 aliphatic heterocycles. The topological polar surface area (TPSA) is 63.8 Å². The van der Waals surface area contributed by atoms with Crippen molar-refractivity contribution in [1.82, 2.24) is 9.97 Å².